The van der Waals surface area contributed by atoms with Crippen LogP contribution in [0.3, 0.4) is 0 Å². The van der Waals surface area contributed by atoms with Crippen molar-refractivity contribution >= 4 is 16.7 Å². The molecule has 174 valence electrons. The van der Waals surface area contributed by atoms with E-state index >= 15 is 0 Å². The number of ketones is 1. The molecule has 0 atom stereocenters. The van der Waals surface area contributed by atoms with E-state index in [-0.39, 0.29) is 11.3 Å². The van der Waals surface area contributed by atoms with Crippen molar-refractivity contribution in [2.24, 2.45) is 0 Å². The average Bonchev–Trinajstić information content (AvgIpc) is 3.42. The summed E-state index contributed by atoms with van der Waals surface area (Å²) in [6, 6.07) is 13.5. The normalized spacial score (nSPS) is 14.9. The van der Waals surface area contributed by atoms with Crippen molar-refractivity contribution in [1.82, 2.24) is 19.2 Å². The van der Waals surface area contributed by atoms with Gasteiger partial charge in [0.2, 0.25) is 0 Å². The van der Waals surface area contributed by atoms with Crippen LogP contribution in [0, 0.1) is 0 Å². The van der Waals surface area contributed by atoms with Crippen LogP contribution in [0.15, 0.2) is 71.8 Å². The zero-order chi connectivity index (χ0) is 23.9. The van der Waals surface area contributed by atoms with Crippen LogP contribution in [-0.4, -0.2) is 44.7 Å². The lowest BCUT2D eigenvalue weighted by molar-refractivity contribution is -0.137. The summed E-state index contributed by atoms with van der Waals surface area (Å²) >= 11 is 0. The van der Waals surface area contributed by atoms with Gasteiger partial charge in [0.1, 0.15) is 5.78 Å². The van der Waals surface area contributed by atoms with Crippen LogP contribution < -0.4 is 5.56 Å². The molecule has 9 heteroatoms. The van der Waals surface area contributed by atoms with Gasteiger partial charge in [-0.3, -0.25) is 23.7 Å². The molecule has 3 heterocycles. The Balaban J connectivity index is 1.36. The zero-order valence-corrected chi connectivity index (χ0v) is 18.1. The first kappa shape index (κ1) is 22.1. The largest absolute Gasteiger partial charge is 0.416 e. The molecule has 1 aliphatic heterocycles. The minimum Gasteiger partial charge on any atom is -0.298 e. The van der Waals surface area contributed by atoms with E-state index in [0.29, 0.717) is 36.3 Å². The first-order valence-electron chi connectivity index (χ1n) is 10.9. The van der Waals surface area contributed by atoms with Crippen molar-refractivity contribution in [3.05, 3.63) is 82.9 Å². The molecule has 1 aliphatic rings. The molecular formula is C25H21F3N4O2. The highest BCUT2D eigenvalue weighted by molar-refractivity contribution is 5.82. The number of benzene rings is 2. The first-order valence-corrected chi connectivity index (χ1v) is 10.9. The van der Waals surface area contributed by atoms with Gasteiger partial charge in [0, 0.05) is 42.8 Å². The van der Waals surface area contributed by atoms with Gasteiger partial charge >= 0.3 is 6.18 Å². The summed E-state index contributed by atoms with van der Waals surface area (Å²) in [5.74, 6) is 0.268. The van der Waals surface area contributed by atoms with Crippen LogP contribution >= 0.6 is 0 Å². The van der Waals surface area contributed by atoms with Crippen molar-refractivity contribution < 1.29 is 18.0 Å². The minimum absolute atomic E-state index is 0.268. The van der Waals surface area contributed by atoms with Gasteiger partial charge in [0.25, 0.3) is 5.56 Å². The van der Waals surface area contributed by atoms with E-state index in [9.17, 15) is 22.8 Å². The second-order valence-corrected chi connectivity index (χ2v) is 8.37. The standard InChI is InChI=1S/C25H21F3N4O2/c26-25(27,28)20-3-1-17(2-4-20)18-7-10-31(24(34)14-18)21-5-6-23-19(13-21)15-29-32(23)12-11-30-9-8-22(33)16-30/h1-7,10,13-15H,8-9,11-12,16H2. The summed E-state index contributed by atoms with van der Waals surface area (Å²) in [6.07, 6.45) is -0.432. The predicted molar refractivity (Wildman–Crippen MR) is 122 cm³/mol. The fraction of sp³-hybridized carbons (Fsp3) is 0.240. The lowest BCUT2D eigenvalue weighted by atomic mass is 10.0. The molecule has 4 aromatic rings. The van der Waals surface area contributed by atoms with Crippen LogP contribution in [0.5, 0.6) is 0 Å². The van der Waals surface area contributed by atoms with E-state index in [1.807, 2.05) is 22.9 Å². The van der Waals surface area contributed by atoms with Gasteiger partial charge in [-0.1, -0.05) is 12.1 Å². The number of likely N-dealkylation sites (tertiary alicyclic amines) is 1. The number of halogens is 3. The SMILES string of the molecule is O=C1CCN(CCn2ncc3cc(-n4ccc(-c5ccc(C(F)(F)F)cc5)cc4=O)ccc32)C1. The van der Waals surface area contributed by atoms with Crippen molar-refractivity contribution in [1.29, 1.82) is 0 Å². The summed E-state index contributed by atoms with van der Waals surface area (Å²) in [7, 11) is 0. The third-order valence-corrected chi connectivity index (χ3v) is 6.10. The number of aromatic nitrogens is 3. The number of rotatable bonds is 5. The molecule has 5 rings (SSSR count). The number of hydrogen-bond acceptors (Lipinski definition) is 4. The Morgan fingerprint density at radius 1 is 0.912 bits per heavy atom. The van der Waals surface area contributed by atoms with Crippen molar-refractivity contribution in [3.8, 4) is 16.8 Å². The molecule has 0 spiro atoms. The molecule has 0 unspecified atom stereocenters. The summed E-state index contributed by atoms with van der Waals surface area (Å²) in [5.41, 5.74) is 1.66. The maximum Gasteiger partial charge on any atom is 0.416 e. The molecule has 0 aliphatic carbocycles. The van der Waals surface area contributed by atoms with Crippen molar-refractivity contribution in [2.75, 3.05) is 19.6 Å². The first-order chi connectivity index (χ1) is 16.3. The molecule has 2 aromatic carbocycles. The highest BCUT2D eigenvalue weighted by Gasteiger charge is 2.30. The molecule has 1 fully saturated rings. The second kappa shape index (κ2) is 8.57. The number of alkyl halides is 3. The third-order valence-electron chi connectivity index (χ3n) is 6.10. The van der Waals surface area contributed by atoms with E-state index in [0.717, 1.165) is 36.1 Å². The number of nitrogens with zero attached hydrogens (tertiary/aromatic N) is 4. The third kappa shape index (κ3) is 4.38. The molecular weight excluding hydrogens is 445 g/mol. The van der Waals surface area contributed by atoms with E-state index in [1.54, 1.807) is 18.5 Å². The van der Waals surface area contributed by atoms with Gasteiger partial charge in [-0.2, -0.15) is 18.3 Å². The zero-order valence-electron chi connectivity index (χ0n) is 18.1. The molecule has 0 bridgehead atoms. The number of Topliss-reactive ketones (excluding diaryl/α,β-unsaturated/α-hetero) is 1. The lowest BCUT2D eigenvalue weighted by Gasteiger charge is -2.14. The van der Waals surface area contributed by atoms with Crippen LogP contribution in [0.25, 0.3) is 27.7 Å². The van der Waals surface area contributed by atoms with Crippen LogP contribution in [0.1, 0.15) is 12.0 Å². The quantitative estimate of drug-likeness (QED) is 0.444. The fourth-order valence-electron chi connectivity index (χ4n) is 4.24. The van der Waals surface area contributed by atoms with E-state index in [4.69, 9.17) is 0 Å². The lowest BCUT2D eigenvalue weighted by Crippen LogP contribution is -2.25. The molecule has 6 nitrogen and oxygen atoms in total. The summed E-state index contributed by atoms with van der Waals surface area (Å²) in [5, 5.41) is 5.33. The maximum atomic E-state index is 12.8. The Labute approximate surface area is 192 Å². The Kier molecular flexibility index (Phi) is 5.57. The summed E-state index contributed by atoms with van der Waals surface area (Å²) in [4.78, 5) is 26.3. The Morgan fingerprint density at radius 2 is 1.71 bits per heavy atom. The smallest absolute Gasteiger partial charge is 0.298 e. The number of hydrogen-bond donors (Lipinski definition) is 0. The van der Waals surface area contributed by atoms with E-state index in [2.05, 4.69) is 10.00 Å². The van der Waals surface area contributed by atoms with Crippen LogP contribution in [-0.2, 0) is 17.5 Å². The Bertz CT molecular complexity index is 1420. The minimum atomic E-state index is -4.40. The number of pyridine rings is 1. The summed E-state index contributed by atoms with van der Waals surface area (Å²) in [6.45, 7) is 2.69. The van der Waals surface area contributed by atoms with Gasteiger partial charge in [-0.05, 0) is 47.5 Å². The van der Waals surface area contributed by atoms with Gasteiger partial charge < -0.3 is 0 Å². The highest BCUT2D eigenvalue weighted by Crippen LogP contribution is 2.30. The molecule has 0 amide bonds. The summed E-state index contributed by atoms with van der Waals surface area (Å²) < 4.78 is 41.8. The molecule has 0 radical (unpaired) electrons. The predicted octanol–water partition coefficient (Wildman–Crippen LogP) is 4.15. The Hall–Kier alpha value is -3.72. The maximum absolute atomic E-state index is 12.8. The van der Waals surface area contributed by atoms with E-state index in [1.165, 1.54) is 22.8 Å². The average molecular weight is 466 g/mol. The van der Waals surface area contributed by atoms with Crippen LogP contribution in [0.4, 0.5) is 13.2 Å². The number of carbonyl (C=O) groups excluding carboxylic acids is 1. The second-order valence-electron chi connectivity index (χ2n) is 8.37. The van der Waals surface area contributed by atoms with Crippen LogP contribution in [0.2, 0.25) is 0 Å². The molecule has 2 aromatic heterocycles. The molecule has 0 saturated carbocycles. The van der Waals surface area contributed by atoms with Gasteiger partial charge in [0.15, 0.2) is 0 Å². The monoisotopic (exact) mass is 466 g/mol. The fourth-order valence-corrected chi connectivity index (χ4v) is 4.24. The van der Waals surface area contributed by atoms with E-state index < -0.39 is 11.7 Å². The van der Waals surface area contributed by atoms with Crippen molar-refractivity contribution in [3.63, 3.8) is 0 Å². The van der Waals surface area contributed by atoms with Gasteiger partial charge in [0.05, 0.1) is 30.4 Å². The molecule has 1 saturated heterocycles. The number of fused-ring (bicyclic) bond motifs is 1. The Morgan fingerprint density at radius 3 is 2.38 bits per heavy atom. The number of carbonyl (C=O) groups is 1. The molecule has 0 N–H and O–H groups in total. The molecule has 34 heavy (non-hydrogen) atoms. The topological polar surface area (TPSA) is 60.1 Å². The highest BCUT2D eigenvalue weighted by atomic mass is 19.4. The van der Waals surface area contributed by atoms with Gasteiger partial charge in [-0.15, -0.1) is 0 Å². The van der Waals surface area contributed by atoms with Crippen molar-refractivity contribution in [2.45, 2.75) is 19.1 Å². The van der Waals surface area contributed by atoms with Gasteiger partial charge in [-0.25, -0.2) is 0 Å².